The molecule has 1 atom stereocenters. The molecular weight excluding hydrogens is 373 g/mol. The number of hydrogen-bond acceptors (Lipinski definition) is 2. The van der Waals surface area contributed by atoms with Gasteiger partial charge in [0.15, 0.2) is 6.54 Å². The van der Waals surface area contributed by atoms with Gasteiger partial charge in [-0.1, -0.05) is 29.3 Å². The van der Waals surface area contributed by atoms with Crippen LogP contribution in [0.25, 0.3) is 0 Å². The first-order valence-corrected chi connectivity index (χ1v) is 8.93. The lowest BCUT2D eigenvalue weighted by molar-refractivity contribution is -0.682. The molecule has 0 aliphatic rings. The third kappa shape index (κ3) is 5.46. The number of quaternary nitrogens is 1. The molecule has 138 valence electrons. The number of carbonyl (C=O) groups excluding carboxylic acids is 2. The van der Waals surface area contributed by atoms with E-state index < -0.39 is 0 Å². The lowest BCUT2D eigenvalue weighted by Gasteiger charge is -2.13. The molecule has 26 heavy (non-hydrogen) atoms. The maximum absolute atomic E-state index is 12.1. The first kappa shape index (κ1) is 20.2. The number of hydrogen-bond donors (Lipinski definition) is 2. The molecule has 0 fully saturated rings. The molecule has 2 aromatic rings. The maximum Gasteiger partial charge on any atom is 0.279 e. The Kier molecular flexibility index (Phi) is 7.03. The van der Waals surface area contributed by atoms with E-state index in [0.717, 1.165) is 5.56 Å². The molecule has 2 rings (SSSR count). The third-order valence-corrected chi connectivity index (χ3v) is 4.49. The van der Waals surface area contributed by atoms with Gasteiger partial charge in [0, 0.05) is 35.9 Å². The second-order valence-corrected chi connectivity index (χ2v) is 7.06. The van der Waals surface area contributed by atoms with Gasteiger partial charge in [-0.05, 0) is 43.3 Å². The summed E-state index contributed by atoms with van der Waals surface area (Å²) in [4.78, 5) is 25.5. The first-order valence-electron chi connectivity index (χ1n) is 8.17. The SMILES string of the molecule is C[C@@H]([NH2+]CC(=O)Nc1ccc(C(=O)N(C)C)cc1)c1ccc(Cl)cc1Cl. The van der Waals surface area contributed by atoms with Crippen molar-refractivity contribution in [2.24, 2.45) is 0 Å². The van der Waals surface area contributed by atoms with Crippen LogP contribution in [0.4, 0.5) is 5.69 Å². The van der Waals surface area contributed by atoms with Crippen LogP contribution in [0.5, 0.6) is 0 Å². The van der Waals surface area contributed by atoms with Crippen molar-refractivity contribution in [2.75, 3.05) is 26.0 Å². The monoisotopic (exact) mass is 394 g/mol. The van der Waals surface area contributed by atoms with Crippen LogP contribution in [0.2, 0.25) is 10.0 Å². The van der Waals surface area contributed by atoms with Crippen LogP contribution in [0.1, 0.15) is 28.9 Å². The van der Waals surface area contributed by atoms with E-state index in [2.05, 4.69) is 5.32 Å². The molecule has 0 aliphatic carbocycles. The number of amides is 2. The molecule has 0 saturated carbocycles. The molecule has 0 saturated heterocycles. The smallest absolute Gasteiger partial charge is 0.279 e. The van der Waals surface area contributed by atoms with Crippen molar-refractivity contribution >= 4 is 40.7 Å². The molecule has 2 amide bonds. The van der Waals surface area contributed by atoms with Gasteiger partial charge in [-0.25, -0.2) is 0 Å². The first-order chi connectivity index (χ1) is 12.3. The fraction of sp³-hybridized carbons (Fsp3) is 0.263. The molecule has 0 spiro atoms. The number of nitrogens with one attached hydrogen (secondary N) is 1. The molecule has 0 aliphatic heterocycles. The third-order valence-electron chi connectivity index (χ3n) is 3.93. The quantitative estimate of drug-likeness (QED) is 0.790. The van der Waals surface area contributed by atoms with Gasteiger partial charge >= 0.3 is 0 Å². The Morgan fingerprint density at radius 1 is 1.12 bits per heavy atom. The van der Waals surface area contributed by atoms with Crippen LogP contribution >= 0.6 is 23.2 Å². The van der Waals surface area contributed by atoms with Crippen molar-refractivity contribution in [1.29, 1.82) is 0 Å². The van der Waals surface area contributed by atoms with Gasteiger partial charge in [-0.2, -0.15) is 0 Å². The van der Waals surface area contributed by atoms with Crippen LogP contribution in [-0.4, -0.2) is 37.4 Å². The lowest BCUT2D eigenvalue weighted by Crippen LogP contribution is -2.86. The van der Waals surface area contributed by atoms with E-state index >= 15 is 0 Å². The van der Waals surface area contributed by atoms with Crippen molar-refractivity contribution in [2.45, 2.75) is 13.0 Å². The molecule has 0 bridgehead atoms. The molecule has 0 aromatic heterocycles. The number of benzene rings is 2. The fourth-order valence-electron chi connectivity index (χ4n) is 2.45. The zero-order valence-electron chi connectivity index (χ0n) is 14.9. The molecule has 5 nitrogen and oxygen atoms in total. The lowest BCUT2D eigenvalue weighted by atomic mass is 10.1. The molecular formula is C19H22Cl2N3O2+. The van der Waals surface area contributed by atoms with E-state index in [0.29, 0.717) is 21.3 Å². The standard InChI is InChI=1S/C19H21Cl2N3O2/c1-12(16-9-6-14(20)10-17(16)21)22-11-18(25)23-15-7-4-13(5-8-15)19(26)24(2)3/h4-10,12,22H,11H2,1-3H3,(H,23,25)/p+1/t12-/m1/s1. The number of nitrogens with two attached hydrogens (primary N) is 1. The van der Waals surface area contributed by atoms with E-state index in [1.165, 1.54) is 4.90 Å². The zero-order valence-corrected chi connectivity index (χ0v) is 16.4. The summed E-state index contributed by atoms with van der Waals surface area (Å²) in [5.74, 6) is -0.210. The topological polar surface area (TPSA) is 66.0 Å². The summed E-state index contributed by atoms with van der Waals surface area (Å²) < 4.78 is 0. The highest BCUT2D eigenvalue weighted by Gasteiger charge is 2.15. The predicted octanol–water partition coefficient (Wildman–Crippen LogP) is 2.96. The number of carbonyl (C=O) groups is 2. The van der Waals surface area contributed by atoms with Crippen LogP contribution in [0, 0.1) is 0 Å². The normalized spacial score (nSPS) is 11.7. The van der Waals surface area contributed by atoms with Crippen molar-refractivity contribution < 1.29 is 14.9 Å². The average Bonchev–Trinajstić information content (AvgIpc) is 2.59. The minimum atomic E-state index is -0.131. The van der Waals surface area contributed by atoms with Gasteiger partial charge in [-0.3, -0.25) is 9.59 Å². The summed E-state index contributed by atoms with van der Waals surface area (Å²) >= 11 is 12.1. The molecule has 0 radical (unpaired) electrons. The van der Waals surface area contributed by atoms with Gasteiger partial charge in [0.25, 0.3) is 11.8 Å². The molecule has 3 N–H and O–H groups in total. The largest absolute Gasteiger partial charge is 0.345 e. The van der Waals surface area contributed by atoms with Crippen LogP contribution < -0.4 is 10.6 Å². The Hall–Kier alpha value is -2.08. The van der Waals surface area contributed by atoms with Gasteiger partial charge in [-0.15, -0.1) is 0 Å². The predicted molar refractivity (Wildman–Crippen MR) is 105 cm³/mol. The van der Waals surface area contributed by atoms with E-state index in [-0.39, 0.29) is 24.4 Å². The Bertz CT molecular complexity index is 792. The molecule has 2 aromatic carbocycles. The van der Waals surface area contributed by atoms with Gasteiger partial charge in [0.1, 0.15) is 6.04 Å². The highest BCUT2D eigenvalue weighted by Crippen LogP contribution is 2.24. The number of anilines is 1. The molecule has 0 unspecified atom stereocenters. The van der Waals surface area contributed by atoms with E-state index in [1.807, 2.05) is 18.3 Å². The van der Waals surface area contributed by atoms with E-state index in [4.69, 9.17) is 23.2 Å². The van der Waals surface area contributed by atoms with Crippen molar-refractivity contribution in [3.05, 3.63) is 63.6 Å². The molecule has 0 heterocycles. The molecule has 7 heteroatoms. The summed E-state index contributed by atoms with van der Waals surface area (Å²) in [5, 5.41) is 5.89. The highest BCUT2D eigenvalue weighted by molar-refractivity contribution is 6.35. The van der Waals surface area contributed by atoms with Crippen LogP contribution in [0.3, 0.4) is 0 Å². The Labute approximate surface area is 163 Å². The van der Waals surface area contributed by atoms with Crippen LogP contribution in [-0.2, 0) is 4.79 Å². The van der Waals surface area contributed by atoms with E-state index in [9.17, 15) is 9.59 Å². The average molecular weight is 395 g/mol. The number of rotatable bonds is 6. The summed E-state index contributed by atoms with van der Waals surface area (Å²) in [6, 6.07) is 12.2. The minimum Gasteiger partial charge on any atom is -0.345 e. The van der Waals surface area contributed by atoms with Crippen molar-refractivity contribution in [3.8, 4) is 0 Å². The Balaban J connectivity index is 1.89. The minimum absolute atomic E-state index is 0.0191. The summed E-state index contributed by atoms with van der Waals surface area (Å²) in [5.41, 5.74) is 2.15. The van der Waals surface area contributed by atoms with Crippen molar-refractivity contribution in [1.82, 2.24) is 4.90 Å². The highest BCUT2D eigenvalue weighted by atomic mass is 35.5. The second kappa shape index (κ2) is 9.03. The zero-order chi connectivity index (χ0) is 19.3. The Morgan fingerprint density at radius 3 is 2.35 bits per heavy atom. The van der Waals surface area contributed by atoms with E-state index in [1.54, 1.807) is 50.5 Å². The maximum atomic E-state index is 12.1. The van der Waals surface area contributed by atoms with Gasteiger partial charge in [0.2, 0.25) is 0 Å². The van der Waals surface area contributed by atoms with Crippen molar-refractivity contribution in [3.63, 3.8) is 0 Å². The summed E-state index contributed by atoms with van der Waals surface area (Å²) in [7, 11) is 3.39. The number of halogens is 2. The Morgan fingerprint density at radius 2 is 1.77 bits per heavy atom. The number of nitrogens with zero attached hydrogens (tertiary/aromatic N) is 1. The van der Waals surface area contributed by atoms with Crippen LogP contribution in [0.15, 0.2) is 42.5 Å². The second-order valence-electron chi connectivity index (χ2n) is 6.22. The summed E-state index contributed by atoms with van der Waals surface area (Å²) in [6.07, 6.45) is 0. The van der Waals surface area contributed by atoms with Gasteiger partial charge in [0.05, 0.1) is 5.02 Å². The summed E-state index contributed by atoms with van der Waals surface area (Å²) in [6.45, 7) is 2.22. The fourth-order valence-corrected chi connectivity index (χ4v) is 3.03. The van der Waals surface area contributed by atoms with Gasteiger partial charge < -0.3 is 15.5 Å².